The number of rotatable bonds is 9. The number of non-ortho nitro benzene ring substituents is 1. The summed E-state index contributed by atoms with van der Waals surface area (Å²) >= 11 is 0. The smallest absolute Gasteiger partial charge is 0.377 e. The molecule has 11 heteroatoms. The van der Waals surface area contributed by atoms with E-state index in [0.717, 1.165) is 12.1 Å². The number of nitro benzene ring substituents is 1. The molecule has 1 N–H and O–H groups in total. The van der Waals surface area contributed by atoms with E-state index in [1.54, 1.807) is 0 Å². The summed E-state index contributed by atoms with van der Waals surface area (Å²) in [6.45, 7) is 0.0566. The van der Waals surface area contributed by atoms with Crippen LogP contribution in [-0.2, 0) is 23.3 Å². The Labute approximate surface area is 129 Å². The lowest BCUT2D eigenvalue weighted by atomic mass is 10.3. The molecule has 124 valence electrons. The molecule has 0 aliphatic heterocycles. The molecule has 1 aromatic carbocycles. The summed E-state index contributed by atoms with van der Waals surface area (Å²) in [5, 5.41) is 10.5. The van der Waals surface area contributed by atoms with Crippen molar-refractivity contribution in [2.75, 3.05) is 27.9 Å². The van der Waals surface area contributed by atoms with Crippen LogP contribution in [-0.4, -0.2) is 50.0 Å². The van der Waals surface area contributed by atoms with Gasteiger partial charge < -0.3 is 13.3 Å². The average molecular weight is 350 g/mol. The lowest BCUT2D eigenvalue weighted by molar-refractivity contribution is -0.384. The molecule has 0 atom stereocenters. The monoisotopic (exact) mass is 350 g/mol. The quantitative estimate of drug-likeness (QED) is 0.397. The molecule has 0 spiro atoms. The van der Waals surface area contributed by atoms with Crippen LogP contribution in [0.15, 0.2) is 29.2 Å². The van der Waals surface area contributed by atoms with Gasteiger partial charge in [0, 0.05) is 46.1 Å². The third-order valence-electron chi connectivity index (χ3n) is 3.01. The van der Waals surface area contributed by atoms with E-state index in [-0.39, 0.29) is 23.2 Å². The first-order chi connectivity index (χ1) is 10.3. The van der Waals surface area contributed by atoms with Gasteiger partial charge in [-0.25, -0.2) is 13.1 Å². The van der Waals surface area contributed by atoms with E-state index >= 15 is 0 Å². The molecule has 0 fully saturated rings. The number of nitrogens with one attached hydrogen (secondary N) is 1. The number of hydrogen-bond donors (Lipinski definition) is 1. The molecule has 0 radical (unpaired) electrons. The zero-order valence-corrected chi connectivity index (χ0v) is 14.3. The first-order valence-electron chi connectivity index (χ1n) is 6.20. The van der Waals surface area contributed by atoms with Gasteiger partial charge in [-0.1, -0.05) is 0 Å². The summed E-state index contributed by atoms with van der Waals surface area (Å²) in [7, 11) is -2.32. The standard InChI is InChI=1S/C11H18N2O7SSi/c1-18-22(19-2,20-3)9-8-12-21(16,17)11-6-4-10(5-7-11)13(14)15/h4-7,12H,8-9H2,1-3H3. The topological polar surface area (TPSA) is 117 Å². The van der Waals surface area contributed by atoms with Gasteiger partial charge in [0.1, 0.15) is 0 Å². The summed E-state index contributed by atoms with van der Waals surface area (Å²) in [5.74, 6) is 0. The van der Waals surface area contributed by atoms with Gasteiger partial charge in [0.2, 0.25) is 10.0 Å². The second-order valence-electron chi connectivity index (χ2n) is 4.19. The number of nitro groups is 1. The maximum atomic E-state index is 12.1. The summed E-state index contributed by atoms with van der Waals surface area (Å²) in [6, 6.07) is 4.87. The Morgan fingerprint density at radius 1 is 1.14 bits per heavy atom. The Bertz CT molecular complexity index is 593. The molecule has 0 aliphatic carbocycles. The largest absolute Gasteiger partial charge is 0.501 e. The van der Waals surface area contributed by atoms with Crippen molar-refractivity contribution in [3.05, 3.63) is 34.4 Å². The zero-order chi connectivity index (χ0) is 16.8. The predicted octanol–water partition coefficient (Wildman–Crippen LogP) is 0.751. The Balaban J connectivity index is 2.73. The van der Waals surface area contributed by atoms with Crippen molar-refractivity contribution in [1.82, 2.24) is 4.72 Å². The highest BCUT2D eigenvalue weighted by molar-refractivity contribution is 7.89. The van der Waals surface area contributed by atoms with Crippen molar-refractivity contribution in [3.63, 3.8) is 0 Å². The fourth-order valence-corrected chi connectivity index (χ4v) is 4.48. The molecular weight excluding hydrogens is 332 g/mol. The second kappa shape index (κ2) is 7.76. The van der Waals surface area contributed by atoms with E-state index in [4.69, 9.17) is 13.3 Å². The minimum Gasteiger partial charge on any atom is -0.377 e. The average Bonchev–Trinajstić information content (AvgIpc) is 2.52. The van der Waals surface area contributed by atoms with E-state index in [1.165, 1.54) is 33.5 Å². The van der Waals surface area contributed by atoms with E-state index in [1.807, 2.05) is 0 Å². The second-order valence-corrected chi connectivity index (χ2v) is 9.05. The third-order valence-corrected chi connectivity index (χ3v) is 7.22. The first-order valence-corrected chi connectivity index (χ1v) is 9.61. The van der Waals surface area contributed by atoms with Gasteiger partial charge in [-0.05, 0) is 12.1 Å². The highest BCUT2D eigenvalue weighted by Crippen LogP contribution is 2.16. The van der Waals surface area contributed by atoms with Crippen molar-refractivity contribution in [2.45, 2.75) is 10.9 Å². The van der Waals surface area contributed by atoms with Gasteiger partial charge in [-0.2, -0.15) is 0 Å². The van der Waals surface area contributed by atoms with Gasteiger partial charge >= 0.3 is 8.80 Å². The van der Waals surface area contributed by atoms with Gasteiger partial charge in [0.15, 0.2) is 0 Å². The van der Waals surface area contributed by atoms with E-state index in [9.17, 15) is 18.5 Å². The SMILES string of the molecule is CO[Si](CCNS(=O)(=O)c1ccc([N+](=O)[O-])cc1)(OC)OC. The molecular formula is C11H18N2O7SSi. The van der Waals surface area contributed by atoms with Gasteiger partial charge in [-0.3, -0.25) is 10.1 Å². The lowest BCUT2D eigenvalue weighted by Gasteiger charge is -2.24. The molecule has 0 unspecified atom stereocenters. The van der Waals surface area contributed by atoms with Crippen molar-refractivity contribution in [3.8, 4) is 0 Å². The number of hydrogen-bond acceptors (Lipinski definition) is 7. The van der Waals surface area contributed by atoms with Crippen LogP contribution in [0.3, 0.4) is 0 Å². The van der Waals surface area contributed by atoms with E-state index in [0.29, 0.717) is 0 Å². The Hall–Kier alpha value is -1.37. The molecule has 0 amide bonds. The van der Waals surface area contributed by atoms with Crippen LogP contribution in [0.2, 0.25) is 6.04 Å². The molecule has 0 aromatic heterocycles. The minimum absolute atomic E-state index is 0.0566. The zero-order valence-electron chi connectivity index (χ0n) is 12.4. The fraction of sp³-hybridized carbons (Fsp3) is 0.455. The van der Waals surface area contributed by atoms with Gasteiger partial charge in [-0.15, -0.1) is 0 Å². The maximum absolute atomic E-state index is 12.1. The molecule has 0 heterocycles. The normalized spacial score (nSPS) is 12.3. The van der Waals surface area contributed by atoms with E-state index in [2.05, 4.69) is 4.72 Å². The van der Waals surface area contributed by atoms with Crippen LogP contribution < -0.4 is 4.72 Å². The van der Waals surface area contributed by atoms with Gasteiger partial charge in [0.05, 0.1) is 9.82 Å². The lowest BCUT2D eigenvalue weighted by Crippen LogP contribution is -2.45. The van der Waals surface area contributed by atoms with Crippen LogP contribution in [0, 0.1) is 10.1 Å². The van der Waals surface area contributed by atoms with Crippen LogP contribution in [0.25, 0.3) is 0 Å². The number of sulfonamides is 1. The minimum atomic E-state index is -3.77. The Morgan fingerprint density at radius 3 is 2.05 bits per heavy atom. The maximum Gasteiger partial charge on any atom is 0.501 e. The molecule has 22 heavy (non-hydrogen) atoms. The van der Waals surface area contributed by atoms with Crippen molar-refractivity contribution in [2.24, 2.45) is 0 Å². The predicted molar refractivity (Wildman–Crippen MR) is 79.9 cm³/mol. The third kappa shape index (κ3) is 4.56. The molecule has 1 rings (SSSR count). The molecule has 0 bridgehead atoms. The highest BCUT2D eigenvalue weighted by Gasteiger charge is 2.37. The number of benzene rings is 1. The summed E-state index contributed by atoms with van der Waals surface area (Å²) in [5.41, 5.74) is -0.177. The Kier molecular flexibility index (Phi) is 6.59. The molecule has 1 aromatic rings. The van der Waals surface area contributed by atoms with Crippen LogP contribution in [0.4, 0.5) is 5.69 Å². The van der Waals surface area contributed by atoms with Crippen molar-refractivity contribution in [1.29, 1.82) is 0 Å². The van der Waals surface area contributed by atoms with Crippen LogP contribution in [0.5, 0.6) is 0 Å². The fourth-order valence-electron chi connectivity index (χ4n) is 1.73. The van der Waals surface area contributed by atoms with Crippen molar-refractivity contribution < 1.29 is 26.6 Å². The summed E-state index contributed by atoms with van der Waals surface area (Å²) in [6.07, 6.45) is 0. The summed E-state index contributed by atoms with van der Waals surface area (Å²) in [4.78, 5) is 9.89. The molecule has 0 aliphatic rings. The first kappa shape index (κ1) is 18.7. The molecule has 0 saturated heterocycles. The van der Waals surface area contributed by atoms with E-state index < -0.39 is 23.8 Å². The van der Waals surface area contributed by atoms with Crippen LogP contribution >= 0.6 is 0 Å². The highest BCUT2D eigenvalue weighted by atomic mass is 32.2. The molecule has 0 saturated carbocycles. The van der Waals surface area contributed by atoms with Crippen molar-refractivity contribution >= 4 is 24.5 Å². The Morgan fingerprint density at radius 2 is 1.64 bits per heavy atom. The number of nitrogens with zero attached hydrogens (tertiary/aromatic N) is 1. The molecule has 9 nitrogen and oxygen atoms in total. The summed E-state index contributed by atoms with van der Waals surface area (Å²) < 4.78 is 42.1. The van der Waals surface area contributed by atoms with Gasteiger partial charge in [0.25, 0.3) is 5.69 Å². The van der Waals surface area contributed by atoms with Crippen LogP contribution in [0.1, 0.15) is 0 Å².